The van der Waals surface area contributed by atoms with Gasteiger partial charge in [-0.05, 0) is 55.3 Å². The van der Waals surface area contributed by atoms with Gasteiger partial charge in [-0.25, -0.2) is 13.2 Å². The number of sulfonamides is 1. The monoisotopic (exact) mass is 438 g/mol. The number of carbonyl (C=O) groups is 2. The van der Waals surface area contributed by atoms with Crippen LogP contribution < -0.4 is 9.62 Å². The highest BCUT2D eigenvalue weighted by molar-refractivity contribution is 7.92. The van der Waals surface area contributed by atoms with Gasteiger partial charge in [-0.15, -0.1) is 0 Å². The van der Waals surface area contributed by atoms with E-state index in [-0.39, 0.29) is 6.42 Å². The molecule has 0 aliphatic carbocycles. The third-order valence-electron chi connectivity index (χ3n) is 4.31. The van der Waals surface area contributed by atoms with Crippen molar-refractivity contribution in [2.75, 3.05) is 23.0 Å². The number of nitrogens with zero attached hydrogens (tertiary/aromatic N) is 1. The summed E-state index contributed by atoms with van der Waals surface area (Å²) < 4.78 is 30.8. The highest BCUT2D eigenvalue weighted by atomic mass is 35.5. The minimum absolute atomic E-state index is 0.241. The summed E-state index contributed by atoms with van der Waals surface area (Å²) in [5.74, 6) is -0.989. The highest BCUT2D eigenvalue weighted by Gasteiger charge is 2.32. The van der Waals surface area contributed by atoms with Crippen LogP contribution in [0.4, 0.5) is 11.4 Å². The van der Waals surface area contributed by atoms with Crippen LogP contribution in [0.15, 0.2) is 42.5 Å². The molecule has 0 aromatic heterocycles. The zero-order chi connectivity index (χ0) is 21.8. The maximum Gasteiger partial charge on any atom is 0.337 e. The Labute approximate surface area is 175 Å². The molecule has 0 spiro atoms. The number of halogens is 1. The summed E-state index contributed by atoms with van der Waals surface area (Å²) in [4.78, 5) is 24.5. The number of aryl methyl sites for hydroxylation is 1. The zero-order valence-electron chi connectivity index (χ0n) is 16.6. The standard InChI is InChI=1S/C20H23ClN2O5S/c1-5-17(19(24)22-16-10-7-14(8-11-16)20(25)28-3)23(29(4,26)27)18-12-15(21)9-6-13(18)2/h6-12,17H,5H2,1-4H3,(H,22,24). The van der Waals surface area contributed by atoms with Gasteiger partial charge in [0.05, 0.1) is 24.6 Å². The van der Waals surface area contributed by atoms with Crippen molar-refractivity contribution >= 4 is 44.9 Å². The molecule has 0 fully saturated rings. The van der Waals surface area contributed by atoms with E-state index < -0.39 is 27.9 Å². The quantitative estimate of drug-likeness (QED) is 0.666. The zero-order valence-corrected chi connectivity index (χ0v) is 18.2. The molecular formula is C20H23ClN2O5S. The van der Waals surface area contributed by atoms with Crippen molar-refractivity contribution in [3.05, 3.63) is 58.6 Å². The molecule has 2 aromatic rings. The van der Waals surface area contributed by atoms with Crippen LogP contribution in [0.1, 0.15) is 29.3 Å². The molecule has 0 aliphatic heterocycles. The fraction of sp³-hybridized carbons (Fsp3) is 0.300. The van der Waals surface area contributed by atoms with E-state index in [2.05, 4.69) is 10.1 Å². The van der Waals surface area contributed by atoms with Crippen LogP contribution in [-0.2, 0) is 19.6 Å². The molecule has 29 heavy (non-hydrogen) atoms. The SMILES string of the molecule is CCC(C(=O)Nc1ccc(C(=O)OC)cc1)N(c1cc(Cl)ccc1C)S(C)(=O)=O. The van der Waals surface area contributed by atoms with Crippen molar-refractivity contribution in [2.45, 2.75) is 26.3 Å². The van der Waals surface area contributed by atoms with Gasteiger partial charge in [-0.3, -0.25) is 9.10 Å². The number of hydrogen-bond donors (Lipinski definition) is 1. The van der Waals surface area contributed by atoms with Gasteiger partial charge in [0, 0.05) is 10.7 Å². The van der Waals surface area contributed by atoms with Crippen LogP contribution in [0.5, 0.6) is 0 Å². The lowest BCUT2D eigenvalue weighted by molar-refractivity contribution is -0.117. The number of ether oxygens (including phenoxy) is 1. The molecule has 0 saturated carbocycles. The summed E-state index contributed by atoms with van der Waals surface area (Å²) in [6.45, 7) is 3.47. The summed E-state index contributed by atoms with van der Waals surface area (Å²) in [6.07, 6.45) is 1.29. The topological polar surface area (TPSA) is 92.8 Å². The summed E-state index contributed by atoms with van der Waals surface area (Å²) in [5.41, 5.74) is 1.79. The molecular weight excluding hydrogens is 416 g/mol. The Morgan fingerprint density at radius 1 is 1.17 bits per heavy atom. The van der Waals surface area contributed by atoms with Gasteiger partial charge in [0.15, 0.2) is 0 Å². The molecule has 1 N–H and O–H groups in total. The first-order valence-corrected chi connectivity index (χ1v) is 11.1. The fourth-order valence-electron chi connectivity index (χ4n) is 2.89. The third-order valence-corrected chi connectivity index (χ3v) is 5.71. The number of amides is 1. The Kier molecular flexibility index (Phi) is 7.26. The molecule has 156 valence electrons. The third kappa shape index (κ3) is 5.48. The van der Waals surface area contributed by atoms with E-state index in [0.717, 1.165) is 10.6 Å². The average Bonchev–Trinajstić information content (AvgIpc) is 2.67. The average molecular weight is 439 g/mol. The summed E-state index contributed by atoms with van der Waals surface area (Å²) in [5, 5.41) is 3.07. The molecule has 7 nitrogen and oxygen atoms in total. The van der Waals surface area contributed by atoms with Crippen LogP contribution in [0.2, 0.25) is 5.02 Å². The van der Waals surface area contributed by atoms with E-state index in [1.807, 2.05) is 0 Å². The largest absolute Gasteiger partial charge is 0.465 e. The highest BCUT2D eigenvalue weighted by Crippen LogP contribution is 2.29. The normalized spacial score (nSPS) is 12.2. The molecule has 0 heterocycles. The number of esters is 1. The number of rotatable bonds is 7. The van der Waals surface area contributed by atoms with Crippen molar-refractivity contribution < 1.29 is 22.7 Å². The van der Waals surface area contributed by atoms with Gasteiger partial charge in [-0.2, -0.15) is 0 Å². The molecule has 1 atom stereocenters. The predicted molar refractivity (Wildman–Crippen MR) is 114 cm³/mol. The van der Waals surface area contributed by atoms with Crippen LogP contribution in [0, 0.1) is 6.92 Å². The van der Waals surface area contributed by atoms with Crippen LogP contribution in [-0.4, -0.2) is 39.7 Å². The molecule has 0 aliphatic rings. The van der Waals surface area contributed by atoms with Crippen molar-refractivity contribution in [1.82, 2.24) is 0 Å². The fourth-order valence-corrected chi connectivity index (χ4v) is 4.32. The van der Waals surface area contributed by atoms with Gasteiger partial charge in [0.25, 0.3) is 0 Å². The molecule has 1 unspecified atom stereocenters. The summed E-state index contributed by atoms with van der Waals surface area (Å²) >= 11 is 6.06. The van der Waals surface area contributed by atoms with E-state index >= 15 is 0 Å². The van der Waals surface area contributed by atoms with Gasteiger partial charge >= 0.3 is 5.97 Å². The Hall–Kier alpha value is -2.58. The van der Waals surface area contributed by atoms with Gasteiger partial charge in [0.1, 0.15) is 6.04 Å². The van der Waals surface area contributed by atoms with E-state index in [1.165, 1.54) is 25.3 Å². The second-order valence-electron chi connectivity index (χ2n) is 6.47. The maximum atomic E-state index is 12.9. The van der Waals surface area contributed by atoms with Crippen molar-refractivity contribution in [2.24, 2.45) is 0 Å². The van der Waals surface area contributed by atoms with Crippen molar-refractivity contribution in [1.29, 1.82) is 0 Å². The molecule has 0 saturated heterocycles. The second-order valence-corrected chi connectivity index (χ2v) is 8.77. The van der Waals surface area contributed by atoms with E-state index in [9.17, 15) is 18.0 Å². The van der Waals surface area contributed by atoms with Crippen LogP contribution in [0.25, 0.3) is 0 Å². The minimum Gasteiger partial charge on any atom is -0.465 e. The first kappa shape index (κ1) is 22.7. The molecule has 9 heteroatoms. The van der Waals surface area contributed by atoms with E-state index in [4.69, 9.17) is 11.6 Å². The van der Waals surface area contributed by atoms with Gasteiger partial charge in [-0.1, -0.05) is 24.6 Å². The Bertz CT molecular complexity index is 1010. The smallest absolute Gasteiger partial charge is 0.337 e. The Morgan fingerprint density at radius 2 is 1.79 bits per heavy atom. The number of carbonyl (C=O) groups excluding carboxylic acids is 2. The van der Waals surface area contributed by atoms with Crippen LogP contribution >= 0.6 is 11.6 Å². The first-order chi connectivity index (χ1) is 13.6. The number of methoxy groups -OCH3 is 1. The number of anilines is 2. The lowest BCUT2D eigenvalue weighted by atomic mass is 10.1. The first-order valence-electron chi connectivity index (χ1n) is 8.83. The van der Waals surface area contributed by atoms with E-state index in [0.29, 0.717) is 27.5 Å². The summed E-state index contributed by atoms with van der Waals surface area (Å²) in [6, 6.07) is 10.0. The van der Waals surface area contributed by atoms with Gasteiger partial charge in [0.2, 0.25) is 15.9 Å². The molecule has 2 aromatic carbocycles. The molecule has 1 amide bonds. The minimum atomic E-state index is -3.77. The Morgan fingerprint density at radius 3 is 2.31 bits per heavy atom. The number of benzene rings is 2. The predicted octanol–water partition coefficient (Wildman–Crippen LogP) is 3.62. The van der Waals surface area contributed by atoms with Crippen LogP contribution in [0.3, 0.4) is 0 Å². The second kappa shape index (κ2) is 9.28. The Balaban J connectivity index is 2.36. The van der Waals surface area contributed by atoms with E-state index in [1.54, 1.807) is 38.1 Å². The molecule has 0 radical (unpaired) electrons. The number of nitrogens with one attached hydrogen (secondary N) is 1. The van der Waals surface area contributed by atoms with Crippen molar-refractivity contribution in [3.63, 3.8) is 0 Å². The summed E-state index contributed by atoms with van der Waals surface area (Å²) in [7, 11) is -2.50. The number of hydrogen-bond acceptors (Lipinski definition) is 5. The lowest BCUT2D eigenvalue weighted by Crippen LogP contribution is -2.47. The molecule has 2 rings (SSSR count). The van der Waals surface area contributed by atoms with Gasteiger partial charge < -0.3 is 10.1 Å². The molecule has 0 bridgehead atoms. The lowest BCUT2D eigenvalue weighted by Gasteiger charge is -2.31. The van der Waals surface area contributed by atoms with Crippen molar-refractivity contribution in [3.8, 4) is 0 Å². The maximum absolute atomic E-state index is 12.9.